The first-order valence-electron chi connectivity index (χ1n) is 15.8. The standard InChI is InChI=1S/C34H46N4O2/c1-40-30-20-18-26(19-21-30)23-37-32-17-9-8-16-31(32)35-33(37)25-36-22-10-11-27(24-36)34(39)38(28-12-4-2-5-13-28)29-14-6-3-7-15-29/h8-9,16-21,27-29H,2-7,10-15,22-25H2,1H3/t27-/m1/s1. The van der Waals surface area contributed by atoms with Crippen molar-refractivity contribution in [2.75, 3.05) is 20.2 Å². The number of benzene rings is 2. The van der Waals surface area contributed by atoms with E-state index in [1.165, 1.54) is 75.3 Å². The molecule has 40 heavy (non-hydrogen) atoms. The van der Waals surface area contributed by atoms with Gasteiger partial charge in [-0.2, -0.15) is 0 Å². The molecule has 0 unspecified atom stereocenters. The minimum Gasteiger partial charge on any atom is -0.497 e. The van der Waals surface area contributed by atoms with Crippen LogP contribution in [0.5, 0.6) is 5.75 Å². The molecule has 3 fully saturated rings. The van der Waals surface area contributed by atoms with E-state index in [1.807, 2.05) is 12.1 Å². The van der Waals surface area contributed by atoms with E-state index in [9.17, 15) is 4.79 Å². The highest BCUT2D eigenvalue weighted by Crippen LogP contribution is 2.33. The molecule has 2 heterocycles. The van der Waals surface area contributed by atoms with Crippen molar-refractivity contribution in [3.05, 3.63) is 59.9 Å². The highest BCUT2D eigenvalue weighted by Gasteiger charge is 2.37. The van der Waals surface area contributed by atoms with Crippen molar-refractivity contribution < 1.29 is 9.53 Å². The van der Waals surface area contributed by atoms with Gasteiger partial charge in [-0.1, -0.05) is 62.8 Å². The lowest BCUT2D eigenvalue weighted by Crippen LogP contribution is -2.53. The number of imidazole rings is 1. The Hall–Kier alpha value is -2.86. The summed E-state index contributed by atoms with van der Waals surface area (Å²) < 4.78 is 7.73. The Labute approximate surface area is 239 Å². The third-order valence-corrected chi connectivity index (χ3v) is 9.64. The van der Waals surface area contributed by atoms with Gasteiger partial charge in [0.05, 0.1) is 30.6 Å². The molecule has 3 aliphatic rings. The van der Waals surface area contributed by atoms with Crippen LogP contribution in [0.2, 0.25) is 0 Å². The summed E-state index contributed by atoms with van der Waals surface area (Å²) in [6.45, 7) is 3.43. The zero-order valence-corrected chi connectivity index (χ0v) is 24.3. The Balaban J connectivity index is 1.20. The number of carbonyl (C=O) groups is 1. The van der Waals surface area contributed by atoms with Crippen LogP contribution in [0, 0.1) is 5.92 Å². The molecule has 0 spiro atoms. The van der Waals surface area contributed by atoms with E-state index >= 15 is 0 Å². The average Bonchev–Trinajstić information content (AvgIpc) is 3.35. The van der Waals surface area contributed by atoms with Gasteiger partial charge in [0.1, 0.15) is 11.6 Å². The van der Waals surface area contributed by atoms with Crippen molar-refractivity contribution >= 4 is 16.9 Å². The van der Waals surface area contributed by atoms with Crippen molar-refractivity contribution in [2.24, 2.45) is 5.92 Å². The number of hydrogen-bond acceptors (Lipinski definition) is 4. The van der Waals surface area contributed by atoms with Crippen LogP contribution in [0.4, 0.5) is 0 Å². The minimum absolute atomic E-state index is 0.108. The smallest absolute Gasteiger partial charge is 0.227 e. The maximum absolute atomic E-state index is 14.3. The van der Waals surface area contributed by atoms with Gasteiger partial charge in [0.25, 0.3) is 0 Å². The molecule has 1 saturated heterocycles. The molecule has 1 aromatic heterocycles. The first kappa shape index (κ1) is 27.3. The third-order valence-electron chi connectivity index (χ3n) is 9.64. The van der Waals surface area contributed by atoms with Gasteiger partial charge in [0.2, 0.25) is 5.91 Å². The summed E-state index contributed by atoms with van der Waals surface area (Å²) in [6, 6.07) is 17.7. The third kappa shape index (κ3) is 6.07. The molecule has 1 aliphatic heterocycles. The number of para-hydroxylation sites is 2. The van der Waals surface area contributed by atoms with Crippen molar-refractivity contribution in [1.82, 2.24) is 19.4 Å². The number of methoxy groups -OCH3 is 1. The largest absolute Gasteiger partial charge is 0.497 e. The van der Waals surface area contributed by atoms with Gasteiger partial charge in [-0.05, 0) is 74.9 Å². The van der Waals surface area contributed by atoms with Crippen LogP contribution in [0.25, 0.3) is 11.0 Å². The zero-order valence-electron chi connectivity index (χ0n) is 24.3. The van der Waals surface area contributed by atoms with Crippen LogP contribution in [0.3, 0.4) is 0 Å². The van der Waals surface area contributed by atoms with Gasteiger partial charge < -0.3 is 14.2 Å². The van der Waals surface area contributed by atoms with Crippen molar-refractivity contribution in [2.45, 2.75) is 102 Å². The van der Waals surface area contributed by atoms with Gasteiger partial charge >= 0.3 is 0 Å². The number of hydrogen-bond donors (Lipinski definition) is 0. The normalized spacial score (nSPS) is 21.5. The second-order valence-corrected chi connectivity index (χ2v) is 12.4. The highest BCUT2D eigenvalue weighted by molar-refractivity contribution is 5.80. The monoisotopic (exact) mass is 542 g/mol. The molecule has 1 amide bonds. The second-order valence-electron chi connectivity index (χ2n) is 12.4. The van der Waals surface area contributed by atoms with E-state index in [2.05, 4.69) is 50.8 Å². The molecule has 6 rings (SSSR count). The molecule has 2 aromatic carbocycles. The summed E-state index contributed by atoms with van der Waals surface area (Å²) in [7, 11) is 1.71. The molecule has 0 radical (unpaired) electrons. The van der Waals surface area contributed by atoms with Gasteiger partial charge in [-0.3, -0.25) is 9.69 Å². The van der Waals surface area contributed by atoms with Crippen LogP contribution in [-0.2, 0) is 17.9 Å². The summed E-state index contributed by atoms with van der Waals surface area (Å²) in [4.78, 5) is 24.3. The molecule has 0 N–H and O–H groups in total. The van der Waals surface area contributed by atoms with Crippen LogP contribution < -0.4 is 4.74 Å². The predicted molar refractivity (Wildman–Crippen MR) is 160 cm³/mol. The molecule has 2 saturated carbocycles. The van der Waals surface area contributed by atoms with Gasteiger partial charge in [0.15, 0.2) is 0 Å². The summed E-state index contributed by atoms with van der Waals surface area (Å²) >= 11 is 0. The summed E-state index contributed by atoms with van der Waals surface area (Å²) in [5, 5.41) is 0. The lowest BCUT2D eigenvalue weighted by atomic mass is 9.86. The van der Waals surface area contributed by atoms with Gasteiger partial charge in [-0.25, -0.2) is 4.98 Å². The Morgan fingerprint density at radius 1 is 0.850 bits per heavy atom. The Kier molecular flexibility index (Phi) is 8.71. The molecule has 214 valence electrons. The number of fused-ring (bicyclic) bond motifs is 1. The predicted octanol–water partition coefficient (Wildman–Crippen LogP) is 6.80. The van der Waals surface area contributed by atoms with Gasteiger partial charge in [0, 0.05) is 25.2 Å². The SMILES string of the molecule is COc1ccc(Cn2c(CN3CCC[C@@H](C(=O)N(C4CCCCC4)C4CCCCC4)C3)nc3ccccc32)cc1. The summed E-state index contributed by atoms with van der Waals surface area (Å²) in [5.74, 6) is 2.52. The fourth-order valence-corrected chi connectivity index (χ4v) is 7.52. The number of ether oxygens (including phenoxy) is 1. The van der Waals surface area contributed by atoms with Crippen LogP contribution in [0.15, 0.2) is 48.5 Å². The van der Waals surface area contributed by atoms with E-state index in [-0.39, 0.29) is 5.92 Å². The average molecular weight is 543 g/mol. The first-order chi connectivity index (χ1) is 19.7. The Morgan fingerprint density at radius 2 is 1.52 bits per heavy atom. The van der Waals surface area contributed by atoms with E-state index < -0.39 is 0 Å². The first-order valence-corrected chi connectivity index (χ1v) is 15.8. The van der Waals surface area contributed by atoms with Crippen LogP contribution in [-0.4, -0.2) is 57.5 Å². The fraction of sp³-hybridized carbons (Fsp3) is 0.588. The topological polar surface area (TPSA) is 50.6 Å². The number of carbonyl (C=O) groups excluding carboxylic acids is 1. The number of amides is 1. The number of aromatic nitrogens is 2. The zero-order chi connectivity index (χ0) is 27.3. The molecular weight excluding hydrogens is 496 g/mol. The highest BCUT2D eigenvalue weighted by atomic mass is 16.5. The number of likely N-dealkylation sites (tertiary alicyclic amines) is 1. The summed E-state index contributed by atoms with van der Waals surface area (Å²) in [6.07, 6.45) is 14.7. The van der Waals surface area contributed by atoms with E-state index in [0.29, 0.717) is 18.0 Å². The van der Waals surface area contributed by atoms with Crippen molar-refractivity contribution in [1.29, 1.82) is 0 Å². The number of nitrogens with zero attached hydrogens (tertiary/aromatic N) is 4. The molecule has 0 bridgehead atoms. The fourth-order valence-electron chi connectivity index (χ4n) is 7.52. The van der Waals surface area contributed by atoms with Crippen LogP contribution >= 0.6 is 0 Å². The molecule has 6 nitrogen and oxygen atoms in total. The maximum Gasteiger partial charge on any atom is 0.227 e. The Morgan fingerprint density at radius 3 is 2.20 bits per heavy atom. The van der Waals surface area contributed by atoms with E-state index in [1.54, 1.807) is 7.11 Å². The van der Waals surface area contributed by atoms with Crippen molar-refractivity contribution in [3.8, 4) is 5.75 Å². The molecule has 2 aliphatic carbocycles. The van der Waals surface area contributed by atoms with Gasteiger partial charge in [-0.15, -0.1) is 0 Å². The summed E-state index contributed by atoms with van der Waals surface area (Å²) in [5.41, 5.74) is 3.43. The molecule has 1 atom stereocenters. The minimum atomic E-state index is 0.108. The van der Waals surface area contributed by atoms with Crippen LogP contribution in [0.1, 0.15) is 88.4 Å². The lowest BCUT2D eigenvalue weighted by Gasteiger charge is -2.44. The van der Waals surface area contributed by atoms with E-state index in [0.717, 1.165) is 56.1 Å². The number of piperidine rings is 1. The van der Waals surface area contributed by atoms with Crippen molar-refractivity contribution in [3.63, 3.8) is 0 Å². The van der Waals surface area contributed by atoms with E-state index in [4.69, 9.17) is 9.72 Å². The number of rotatable bonds is 8. The molecule has 3 aromatic rings. The molecule has 6 heteroatoms. The second kappa shape index (κ2) is 12.8. The molecular formula is C34H46N4O2. The Bertz CT molecular complexity index is 1240. The maximum atomic E-state index is 14.3. The lowest BCUT2D eigenvalue weighted by molar-refractivity contribution is -0.144. The quantitative estimate of drug-likeness (QED) is 0.314.